The molecule has 1 aromatic rings. The fourth-order valence-corrected chi connectivity index (χ4v) is 1.93. The first kappa shape index (κ1) is 19.3. The molecule has 2 N–H and O–H groups in total. The van der Waals surface area contributed by atoms with Crippen LogP contribution >= 0.6 is 15.9 Å². The molecule has 0 radical (unpaired) electrons. The molecule has 1 unspecified atom stereocenters. The van der Waals surface area contributed by atoms with Crippen molar-refractivity contribution in [3.05, 3.63) is 29.8 Å². The Labute approximate surface area is 144 Å². The highest BCUT2D eigenvalue weighted by molar-refractivity contribution is 9.09. The number of carbonyl (C=O) groups is 2. The number of amides is 1. The molecule has 0 bridgehead atoms. The Kier molecular flexibility index (Phi) is 7.35. The third-order valence-electron chi connectivity index (χ3n) is 2.70. The summed E-state index contributed by atoms with van der Waals surface area (Å²) in [5, 5.41) is 12.4. The molecule has 0 saturated heterocycles. The van der Waals surface area contributed by atoms with E-state index in [1.807, 2.05) is 0 Å². The summed E-state index contributed by atoms with van der Waals surface area (Å²) in [4.78, 5) is 23.0. The van der Waals surface area contributed by atoms with Crippen molar-refractivity contribution in [2.24, 2.45) is 0 Å². The van der Waals surface area contributed by atoms with E-state index in [2.05, 4.69) is 21.2 Å². The normalized spacial score (nSPS) is 12.3. The summed E-state index contributed by atoms with van der Waals surface area (Å²) in [7, 11) is 0. The van der Waals surface area contributed by atoms with Crippen LogP contribution in [0.2, 0.25) is 0 Å². The van der Waals surface area contributed by atoms with Crippen LogP contribution in [0.15, 0.2) is 24.3 Å². The second-order valence-corrected chi connectivity index (χ2v) is 6.72. The van der Waals surface area contributed by atoms with Gasteiger partial charge in [0.15, 0.2) is 0 Å². The summed E-state index contributed by atoms with van der Waals surface area (Å²) in [5.74, 6) is -0.407. The van der Waals surface area contributed by atoms with Crippen LogP contribution in [-0.2, 0) is 16.0 Å². The lowest BCUT2D eigenvalue weighted by molar-refractivity contribution is -0.139. The lowest BCUT2D eigenvalue weighted by atomic mass is 10.1. The van der Waals surface area contributed by atoms with Gasteiger partial charge in [-0.05, 0) is 38.5 Å². The number of rotatable bonds is 7. The van der Waals surface area contributed by atoms with E-state index in [1.165, 1.54) is 0 Å². The van der Waals surface area contributed by atoms with Crippen molar-refractivity contribution in [3.63, 3.8) is 0 Å². The lowest BCUT2D eigenvalue weighted by Gasteiger charge is -2.22. The number of nitrogens with one attached hydrogen (secondary N) is 1. The molecular weight excluding hydrogens is 366 g/mol. The summed E-state index contributed by atoms with van der Waals surface area (Å²) in [6, 6.07) is 6.03. The monoisotopic (exact) mass is 387 g/mol. The first-order chi connectivity index (χ1) is 10.7. The molecule has 0 aromatic heterocycles. The first-order valence-electron chi connectivity index (χ1n) is 7.21. The first-order valence-corrected chi connectivity index (χ1v) is 8.33. The number of carboxylic acid groups (broad SMARTS) is 1. The highest BCUT2D eigenvalue weighted by Crippen LogP contribution is 2.14. The van der Waals surface area contributed by atoms with Crippen molar-refractivity contribution in [3.8, 4) is 5.75 Å². The summed E-state index contributed by atoms with van der Waals surface area (Å²) < 4.78 is 10.5. The summed E-state index contributed by atoms with van der Waals surface area (Å²) >= 11 is 3.27. The van der Waals surface area contributed by atoms with E-state index in [0.717, 1.165) is 10.9 Å². The minimum Gasteiger partial charge on any atom is -0.493 e. The maximum Gasteiger partial charge on any atom is 0.408 e. The van der Waals surface area contributed by atoms with Gasteiger partial charge in [0.2, 0.25) is 0 Å². The zero-order chi connectivity index (χ0) is 17.5. The molecule has 1 aromatic carbocycles. The fourth-order valence-electron chi connectivity index (χ4n) is 1.76. The van der Waals surface area contributed by atoms with Crippen LogP contribution in [0.25, 0.3) is 0 Å². The number of carbonyl (C=O) groups excluding carboxylic acids is 1. The number of hydrogen-bond acceptors (Lipinski definition) is 4. The number of benzene rings is 1. The molecule has 6 nitrogen and oxygen atoms in total. The van der Waals surface area contributed by atoms with Crippen molar-refractivity contribution in [1.29, 1.82) is 0 Å². The Balaban J connectivity index is 2.65. The van der Waals surface area contributed by atoms with Gasteiger partial charge in [-0.1, -0.05) is 28.1 Å². The van der Waals surface area contributed by atoms with Crippen LogP contribution in [0, 0.1) is 0 Å². The third kappa shape index (κ3) is 7.88. The van der Waals surface area contributed by atoms with Gasteiger partial charge < -0.3 is 19.9 Å². The predicted molar refractivity (Wildman–Crippen MR) is 90.2 cm³/mol. The number of aliphatic carboxylic acids is 1. The van der Waals surface area contributed by atoms with Crippen LogP contribution in [-0.4, -0.2) is 40.7 Å². The van der Waals surface area contributed by atoms with Gasteiger partial charge in [0, 0.05) is 11.8 Å². The van der Waals surface area contributed by atoms with Crippen molar-refractivity contribution in [1.82, 2.24) is 5.32 Å². The van der Waals surface area contributed by atoms with Crippen LogP contribution in [0.3, 0.4) is 0 Å². The molecule has 0 saturated carbocycles. The van der Waals surface area contributed by atoms with Gasteiger partial charge in [-0.2, -0.15) is 0 Å². The Morgan fingerprint density at radius 2 is 1.87 bits per heavy atom. The summed E-state index contributed by atoms with van der Waals surface area (Å²) in [5.41, 5.74) is 0.0984. The number of ether oxygens (including phenoxy) is 2. The third-order valence-corrected chi connectivity index (χ3v) is 3.02. The van der Waals surface area contributed by atoms with Gasteiger partial charge in [-0.3, -0.25) is 0 Å². The zero-order valence-electron chi connectivity index (χ0n) is 13.5. The molecule has 128 valence electrons. The van der Waals surface area contributed by atoms with Crippen molar-refractivity contribution >= 4 is 28.0 Å². The topological polar surface area (TPSA) is 84.9 Å². The predicted octanol–water partition coefficient (Wildman–Crippen LogP) is 2.98. The highest BCUT2D eigenvalue weighted by atomic mass is 79.9. The second kappa shape index (κ2) is 8.76. The number of carboxylic acids is 1. The van der Waals surface area contributed by atoms with Crippen molar-refractivity contribution in [2.75, 3.05) is 11.9 Å². The smallest absolute Gasteiger partial charge is 0.408 e. The summed E-state index contributed by atoms with van der Waals surface area (Å²) in [6.07, 6.45) is -0.588. The Morgan fingerprint density at radius 1 is 1.26 bits per heavy atom. The molecule has 0 fully saturated rings. The van der Waals surface area contributed by atoms with Crippen LogP contribution < -0.4 is 10.1 Å². The Bertz CT molecular complexity index is 524. The van der Waals surface area contributed by atoms with E-state index >= 15 is 0 Å². The van der Waals surface area contributed by atoms with Gasteiger partial charge in [-0.25, -0.2) is 9.59 Å². The molecule has 1 amide bonds. The second-order valence-electron chi connectivity index (χ2n) is 5.92. The molecule has 1 rings (SSSR count). The number of alkyl halides is 1. The average Bonchev–Trinajstić information content (AvgIpc) is 2.43. The highest BCUT2D eigenvalue weighted by Gasteiger charge is 2.24. The van der Waals surface area contributed by atoms with E-state index in [9.17, 15) is 14.7 Å². The molecule has 23 heavy (non-hydrogen) atoms. The standard InChI is InChI=1S/C16H22BrNO5/c1-16(2,3)23-15(21)18-13(14(19)20)10-11-4-6-12(7-5-11)22-9-8-17/h4-7,13H,8-10H2,1-3H3,(H,18,21)(H,19,20). The molecule has 0 aliphatic rings. The molecule has 0 heterocycles. The Hall–Kier alpha value is -1.76. The van der Waals surface area contributed by atoms with E-state index in [1.54, 1.807) is 45.0 Å². The number of alkyl carbamates (subject to hydrolysis) is 1. The van der Waals surface area contributed by atoms with Gasteiger partial charge in [0.25, 0.3) is 0 Å². The molecule has 0 aliphatic heterocycles. The largest absolute Gasteiger partial charge is 0.493 e. The van der Waals surface area contributed by atoms with Crippen molar-refractivity contribution in [2.45, 2.75) is 38.8 Å². The maximum absolute atomic E-state index is 11.7. The number of hydrogen-bond donors (Lipinski definition) is 2. The van der Waals surface area contributed by atoms with Gasteiger partial charge >= 0.3 is 12.1 Å². The summed E-state index contributed by atoms with van der Waals surface area (Å²) in [6.45, 7) is 5.70. The maximum atomic E-state index is 11.7. The van der Waals surface area contributed by atoms with E-state index in [4.69, 9.17) is 9.47 Å². The fraction of sp³-hybridized carbons (Fsp3) is 0.500. The SMILES string of the molecule is CC(C)(C)OC(=O)NC(Cc1ccc(OCCBr)cc1)C(=O)O. The van der Waals surface area contributed by atoms with Gasteiger partial charge in [0.1, 0.15) is 17.4 Å². The van der Waals surface area contributed by atoms with E-state index < -0.39 is 23.7 Å². The van der Waals surface area contributed by atoms with Gasteiger partial charge in [0.05, 0.1) is 6.61 Å². The van der Waals surface area contributed by atoms with Crippen LogP contribution in [0.4, 0.5) is 4.79 Å². The molecule has 1 atom stereocenters. The molecule has 0 spiro atoms. The van der Waals surface area contributed by atoms with Gasteiger partial charge in [-0.15, -0.1) is 0 Å². The van der Waals surface area contributed by atoms with E-state index in [0.29, 0.717) is 12.4 Å². The molecular formula is C16H22BrNO5. The minimum absolute atomic E-state index is 0.160. The zero-order valence-corrected chi connectivity index (χ0v) is 15.1. The lowest BCUT2D eigenvalue weighted by Crippen LogP contribution is -2.44. The Morgan fingerprint density at radius 3 is 2.35 bits per heavy atom. The van der Waals surface area contributed by atoms with Crippen LogP contribution in [0.5, 0.6) is 5.75 Å². The molecule has 7 heteroatoms. The number of halogens is 1. The average molecular weight is 388 g/mol. The van der Waals surface area contributed by atoms with Crippen molar-refractivity contribution < 1.29 is 24.2 Å². The minimum atomic E-state index is -1.12. The van der Waals surface area contributed by atoms with Crippen LogP contribution in [0.1, 0.15) is 26.3 Å². The van der Waals surface area contributed by atoms with E-state index in [-0.39, 0.29) is 6.42 Å². The molecule has 0 aliphatic carbocycles. The quantitative estimate of drug-likeness (QED) is 0.702.